The Bertz CT molecular complexity index is 990. The van der Waals surface area contributed by atoms with Crippen LogP contribution in [0.15, 0.2) is 63.9 Å². The third-order valence-corrected chi connectivity index (χ3v) is 4.80. The van der Waals surface area contributed by atoms with Crippen LogP contribution < -0.4 is 4.72 Å². The van der Waals surface area contributed by atoms with E-state index in [-0.39, 0.29) is 4.90 Å². The molecule has 0 bridgehead atoms. The molecule has 0 radical (unpaired) electrons. The van der Waals surface area contributed by atoms with Crippen molar-refractivity contribution in [2.24, 2.45) is 0 Å². The lowest BCUT2D eigenvalue weighted by atomic mass is 10.2. The topological polar surface area (TPSA) is 59.3 Å². The van der Waals surface area contributed by atoms with Gasteiger partial charge in [-0.2, -0.15) is 0 Å². The van der Waals surface area contributed by atoms with Gasteiger partial charge in [-0.15, -0.1) is 0 Å². The predicted octanol–water partition coefficient (Wildman–Crippen LogP) is 4.27. The highest BCUT2D eigenvalue weighted by Gasteiger charge is 2.15. The largest absolute Gasteiger partial charge is 0.445 e. The zero-order chi connectivity index (χ0) is 15.7. The summed E-state index contributed by atoms with van der Waals surface area (Å²) in [7, 11) is -3.65. The van der Waals surface area contributed by atoms with Gasteiger partial charge in [0.25, 0.3) is 10.0 Å². The van der Waals surface area contributed by atoms with Gasteiger partial charge in [-0.05, 0) is 61.6 Å². The molecular formula is C16H13NO3S2. The Balaban J connectivity index is 1.99. The first-order valence-electron chi connectivity index (χ1n) is 6.57. The van der Waals surface area contributed by atoms with Crippen molar-refractivity contribution in [2.45, 2.75) is 11.8 Å². The van der Waals surface area contributed by atoms with Gasteiger partial charge < -0.3 is 4.42 Å². The van der Waals surface area contributed by atoms with Crippen LogP contribution in [0.5, 0.6) is 0 Å². The Hall–Kier alpha value is -2.18. The summed E-state index contributed by atoms with van der Waals surface area (Å²) >= 11 is 4.95. The summed E-state index contributed by atoms with van der Waals surface area (Å²) in [4.78, 5) is 0.174. The smallest absolute Gasteiger partial charge is 0.261 e. The number of rotatable bonds is 3. The summed E-state index contributed by atoms with van der Waals surface area (Å²) < 4.78 is 33.2. The van der Waals surface area contributed by atoms with Gasteiger partial charge in [0.2, 0.25) is 0 Å². The summed E-state index contributed by atoms with van der Waals surface area (Å²) in [6.45, 7) is 1.94. The summed E-state index contributed by atoms with van der Waals surface area (Å²) in [6, 6.07) is 15.2. The van der Waals surface area contributed by atoms with Crippen molar-refractivity contribution in [3.05, 3.63) is 64.9 Å². The molecule has 22 heavy (non-hydrogen) atoms. The molecule has 0 aliphatic heterocycles. The van der Waals surface area contributed by atoms with Crippen LogP contribution >= 0.6 is 12.2 Å². The van der Waals surface area contributed by atoms with E-state index in [2.05, 4.69) is 4.72 Å². The van der Waals surface area contributed by atoms with Crippen LogP contribution in [0.25, 0.3) is 11.0 Å². The number of nitrogens with one attached hydrogen (secondary N) is 1. The lowest BCUT2D eigenvalue weighted by molar-refractivity contribution is 0.586. The number of fused-ring (bicyclic) bond motifs is 1. The van der Waals surface area contributed by atoms with Crippen molar-refractivity contribution >= 4 is 38.9 Å². The number of benzene rings is 2. The third-order valence-electron chi connectivity index (χ3n) is 3.20. The molecule has 0 atom stereocenters. The Labute approximate surface area is 133 Å². The van der Waals surface area contributed by atoms with E-state index in [1.807, 2.05) is 19.1 Å². The second kappa shape index (κ2) is 5.55. The average molecular weight is 331 g/mol. The van der Waals surface area contributed by atoms with Crippen LogP contribution in [-0.2, 0) is 10.0 Å². The number of sulfonamides is 1. The summed E-state index contributed by atoms with van der Waals surface area (Å²) in [5, 5.41) is 0.681. The third kappa shape index (κ3) is 3.03. The maximum absolute atomic E-state index is 12.4. The molecule has 0 aliphatic carbocycles. The first-order chi connectivity index (χ1) is 10.4. The highest BCUT2D eigenvalue weighted by molar-refractivity contribution is 7.92. The molecule has 0 spiro atoms. The quantitative estimate of drug-likeness (QED) is 0.728. The van der Waals surface area contributed by atoms with E-state index in [0.29, 0.717) is 21.4 Å². The molecule has 6 heteroatoms. The van der Waals surface area contributed by atoms with Crippen molar-refractivity contribution in [3.8, 4) is 0 Å². The number of hydrogen-bond acceptors (Lipinski definition) is 4. The highest BCUT2D eigenvalue weighted by Crippen LogP contribution is 2.22. The molecule has 0 saturated carbocycles. The molecule has 3 aromatic rings. The Morgan fingerprint density at radius 1 is 1.00 bits per heavy atom. The summed E-state index contributed by atoms with van der Waals surface area (Å²) in [6.07, 6.45) is 0. The normalized spacial score (nSPS) is 11.5. The first-order valence-corrected chi connectivity index (χ1v) is 8.47. The van der Waals surface area contributed by atoms with Gasteiger partial charge in [-0.1, -0.05) is 17.7 Å². The SMILES string of the molecule is Cc1ccc(NS(=O)(=O)c2ccc3oc(=S)ccc3c2)cc1. The summed E-state index contributed by atoms with van der Waals surface area (Å²) in [5.41, 5.74) is 2.15. The van der Waals surface area contributed by atoms with Crippen molar-refractivity contribution in [1.29, 1.82) is 0 Å². The van der Waals surface area contributed by atoms with Gasteiger partial charge in [0.15, 0.2) is 4.71 Å². The second-order valence-corrected chi connectivity index (χ2v) is 7.01. The Morgan fingerprint density at radius 3 is 2.45 bits per heavy atom. The fourth-order valence-electron chi connectivity index (χ4n) is 2.05. The minimum Gasteiger partial charge on any atom is -0.445 e. The fraction of sp³-hybridized carbons (Fsp3) is 0.0625. The molecule has 4 nitrogen and oxygen atoms in total. The molecule has 1 N–H and O–H groups in total. The predicted molar refractivity (Wildman–Crippen MR) is 89.0 cm³/mol. The molecule has 3 rings (SSSR count). The molecule has 1 aromatic heterocycles. The molecule has 0 amide bonds. The minimum atomic E-state index is -3.65. The van der Waals surface area contributed by atoms with Crippen LogP contribution in [0.4, 0.5) is 5.69 Å². The minimum absolute atomic E-state index is 0.174. The van der Waals surface area contributed by atoms with Gasteiger partial charge in [0.05, 0.1) is 4.90 Å². The van der Waals surface area contributed by atoms with E-state index in [4.69, 9.17) is 16.6 Å². The van der Waals surface area contributed by atoms with Crippen LogP contribution in [0.1, 0.15) is 5.56 Å². The van der Waals surface area contributed by atoms with Crippen LogP contribution in [-0.4, -0.2) is 8.42 Å². The number of hydrogen-bond donors (Lipinski definition) is 1. The molecular weight excluding hydrogens is 318 g/mol. The standard InChI is InChI=1S/C16H13NO3S2/c1-11-2-5-13(6-3-11)17-22(18,19)14-7-8-15-12(10-14)4-9-16(21)20-15/h2-10,17H,1H3. The maximum atomic E-state index is 12.4. The lowest BCUT2D eigenvalue weighted by Gasteiger charge is -2.09. The van der Waals surface area contributed by atoms with E-state index < -0.39 is 10.0 Å². The van der Waals surface area contributed by atoms with Crippen LogP contribution in [0.2, 0.25) is 0 Å². The van der Waals surface area contributed by atoms with E-state index in [0.717, 1.165) is 5.56 Å². The van der Waals surface area contributed by atoms with Crippen LogP contribution in [0, 0.1) is 11.6 Å². The highest BCUT2D eigenvalue weighted by atomic mass is 32.2. The van der Waals surface area contributed by atoms with E-state index >= 15 is 0 Å². The fourth-order valence-corrected chi connectivity index (χ4v) is 3.30. The van der Waals surface area contributed by atoms with Gasteiger partial charge in [-0.3, -0.25) is 4.72 Å². The van der Waals surface area contributed by atoms with Gasteiger partial charge in [0.1, 0.15) is 5.58 Å². The molecule has 112 valence electrons. The molecule has 0 aliphatic rings. The van der Waals surface area contributed by atoms with Crippen molar-refractivity contribution in [1.82, 2.24) is 0 Å². The zero-order valence-electron chi connectivity index (χ0n) is 11.7. The monoisotopic (exact) mass is 331 g/mol. The van der Waals surface area contributed by atoms with Gasteiger partial charge in [0, 0.05) is 11.1 Å². The van der Waals surface area contributed by atoms with Gasteiger partial charge in [-0.25, -0.2) is 8.42 Å². The molecule has 1 heterocycles. The molecule has 2 aromatic carbocycles. The Kier molecular flexibility index (Phi) is 3.72. The Morgan fingerprint density at radius 2 is 1.73 bits per heavy atom. The van der Waals surface area contributed by atoms with E-state index in [1.165, 1.54) is 6.07 Å². The van der Waals surface area contributed by atoms with Crippen molar-refractivity contribution in [2.75, 3.05) is 4.72 Å². The van der Waals surface area contributed by atoms with Gasteiger partial charge >= 0.3 is 0 Å². The zero-order valence-corrected chi connectivity index (χ0v) is 13.4. The molecule has 0 saturated heterocycles. The van der Waals surface area contributed by atoms with E-state index in [1.54, 1.807) is 36.4 Å². The molecule has 0 fully saturated rings. The second-order valence-electron chi connectivity index (χ2n) is 4.93. The average Bonchev–Trinajstić information content (AvgIpc) is 2.49. The van der Waals surface area contributed by atoms with E-state index in [9.17, 15) is 8.42 Å². The van der Waals surface area contributed by atoms with Crippen LogP contribution in [0.3, 0.4) is 0 Å². The van der Waals surface area contributed by atoms with Crippen molar-refractivity contribution in [3.63, 3.8) is 0 Å². The molecule has 0 unspecified atom stereocenters. The number of aryl methyl sites for hydroxylation is 1. The summed E-state index contributed by atoms with van der Waals surface area (Å²) in [5.74, 6) is 0. The number of anilines is 1. The van der Waals surface area contributed by atoms with Crippen molar-refractivity contribution < 1.29 is 12.8 Å². The first kappa shape index (κ1) is 14.7. The maximum Gasteiger partial charge on any atom is 0.261 e. The lowest BCUT2D eigenvalue weighted by Crippen LogP contribution is -2.12.